The molecule has 0 saturated heterocycles. The second-order valence-electron chi connectivity index (χ2n) is 10.3. The van der Waals surface area contributed by atoms with Crippen LogP contribution in [0, 0.1) is 11.8 Å². The number of hydrogen-bond donors (Lipinski definition) is 4. The fourth-order valence-corrected chi connectivity index (χ4v) is 4.71. The zero-order valence-corrected chi connectivity index (χ0v) is 24.2. The van der Waals surface area contributed by atoms with E-state index in [2.05, 4.69) is 24.5 Å². The highest BCUT2D eigenvalue weighted by atomic mass is 35.5. The van der Waals surface area contributed by atoms with E-state index in [1.807, 2.05) is 12.1 Å². The molecule has 5 N–H and O–H groups in total. The van der Waals surface area contributed by atoms with Crippen molar-refractivity contribution in [1.82, 2.24) is 10.6 Å². The van der Waals surface area contributed by atoms with Crippen molar-refractivity contribution in [2.24, 2.45) is 17.6 Å². The first-order valence-electron chi connectivity index (χ1n) is 13.5. The van der Waals surface area contributed by atoms with Crippen LogP contribution in [0.2, 0.25) is 0 Å². The summed E-state index contributed by atoms with van der Waals surface area (Å²) < 4.78 is 16.4. The highest BCUT2D eigenvalue weighted by Crippen LogP contribution is 2.32. The Bertz CT molecular complexity index is 835. The van der Waals surface area contributed by atoms with Gasteiger partial charge < -0.3 is 35.7 Å². The van der Waals surface area contributed by atoms with Crippen LogP contribution in [0.25, 0.3) is 0 Å². The van der Waals surface area contributed by atoms with Gasteiger partial charge in [-0.2, -0.15) is 0 Å². The molecule has 38 heavy (non-hydrogen) atoms. The van der Waals surface area contributed by atoms with Gasteiger partial charge in [0.15, 0.2) is 0 Å². The van der Waals surface area contributed by atoms with E-state index in [1.54, 1.807) is 26.4 Å². The summed E-state index contributed by atoms with van der Waals surface area (Å²) >= 11 is 0. The van der Waals surface area contributed by atoms with E-state index in [0.29, 0.717) is 50.3 Å². The average Bonchev–Trinajstić information content (AvgIpc) is 3.39. The lowest BCUT2D eigenvalue weighted by molar-refractivity contribution is -0.143. The molecule has 0 heterocycles. The van der Waals surface area contributed by atoms with Gasteiger partial charge in [0.2, 0.25) is 0 Å². The van der Waals surface area contributed by atoms with Crippen LogP contribution in [0.3, 0.4) is 0 Å². The molecule has 1 aromatic carbocycles. The van der Waals surface area contributed by atoms with Crippen LogP contribution in [0.15, 0.2) is 24.3 Å². The second kappa shape index (κ2) is 17.6. The molecule has 9 nitrogen and oxygen atoms in total. The maximum Gasteiger partial charge on any atom is 0.255 e. The predicted molar refractivity (Wildman–Crippen MR) is 151 cm³/mol. The smallest absolute Gasteiger partial charge is 0.255 e. The number of amides is 2. The highest BCUT2D eigenvalue weighted by molar-refractivity contribution is 5.96. The molecule has 1 aromatic rings. The van der Waals surface area contributed by atoms with Gasteiger partial charge in [-0.25, -0.2) is 0 Å². The second-order valence-corrected chi connectivity index (χ2v) is 10.3. The Labute approximate surface area is 234 Å². The Hall–Kier alpha value is -1.91. The fourth-order valence-electron chi connectivity index (χ4n) is 4.71. The van der Waals surface area contributed by atoms with E-state index < -0.39 is 17.7 Å². The number of hydrogen-bond acceptors (Lipinski definition) is 7. The number of nitrogens with one attached hydrogen (secondary N) is 2. The standard InChI is InChI=1S/C28H47N3O6.ClH/c1-20(2)21(17-23(29)24(32)19-31-27(34)28(36-4)13-7-8-14-28)18-30-26(33)22-11-5-6-12-25(22)37-16-10-9-15-35-3;/h5-6,11-12,20-21,23-24,32H,7-10,13-19,29H2,1-4H3,(H,30,33)(H,31,34);1H/t21-,23+,24+;/m1./s1. The molecule has 1 aliphatic rings. The molecule has 0 unspecified atom stereocenters. The molecule has 1 aliphatic carbocycles. The Morgan fingerprint density at radius 1 is 1.05 bits per heavy atom. The number of benzene rings is 1. The van der Waals surface area contributed by atoms with Crippen molar-refractivity contribution in [3.05, 3.63) is 29.8 Å². The molecule has 3 atom stereocenters. The number of methoxy groups -OCH3 is 2. The molecule has 2 amide bonds. The normalized spacial score (nSPS) is 16.8. The van der Waals surface area contributed by atoms with Crippen LogP contribution >= 0.6 is 12.4 Å². The number of nitrogens with two attached hydrogens (primary N) is 1. The summed E-state index contributed by atoms with van der Waals surface area (Å²) in [5.41, 5.74) is 6.01. The van der Waals surface area contributed by atoms with Gasteiger partial charge in [0.1, 0.15) is 11.4 Å². The van der Waals surface area contributed by atoms with E-state index >= 15 is 0 Å². The lowest BCUT2D eigenvalue weighted by Gasteiger charge is -2.29. The fraction of sp³-hybridized carbons (Fsp3) is 0.714. The highest BCUT2D eigenvalue weighted by Gasteiger charge is 2.41. The summed E-state index contributed by atoms with van der Waals surface area (Å²) in [4.78, 5) is 25.6. The molecule has 2 rings (SSSR count). The molecule has 0 aliphatic heterocycles. The number of carbonyl (C=O) groups excluding carboxylic acids is 2. The van der Waals surface area contributed by atoms with Gasteiger partial charge in [-0.1, -0.05) is 26.0 Å². The maximum absolute atomic E-state index is 13.0. The van der Waals surface area contributed by atoms with Crippen molar-refractivity contribution in [3.63, 3.8) is 0 Å². The molecule has 0 spiro atoms. The van der Waals surface area contributed by atoms with Crippen molar-refractivity contribution < 1.29 is 28.9 Å². The number of aliphatic hydroxyl groups is 1. The Kier molecular flexibility index (Phi) is 15.8. The molecule has 1 saturated carbocycles. The quantitative estimate of drug-likeness (QED) is 0.216. The molecule has 10 heteroatoms. The van der Waals surface area contributed by atoms with Crippen LogP contribution in [-0.4, -0.2) is 75.2 Å². The molecule has 218 valence electrons. The van der Waals surface area contributed by atoms with Gasteiger partial charge in [0, 0.05) is 40.0 Å². The van der Waals surface area contributed by atoms with Gasteiger partial charge in [-0.05, 0) is 68.9 Å². The van der Waals surface area contributed by atoms with Gasteiger partial charge >= 0.3 is 0 Å². The number of halogens is 1. The molecular weight excluding hydrogens is 510 g/mol. The molecule has 0 radical (unpaired) electrons. The number of ether oxygens (including phenoxy) is 3. The van der Waals surface area contributed by atoms with Crippen molar-refractivity contribution in [3.8, 4) is 5.75 Å². The van der Waals surface area contributed by atoms with Crippen molar-refractivity contribution in [2.75, 3.05) is 40.5 Å². The van der Waals surface area contributed by atoms with Crippen molar-refractivity contribution >= 4 is 24.2 Å². The predicted octanol–water partition coefficient (Wildman–Crippen LogP) is 3.07. The number of aliphatic hydroxyl groups excluding tert-OH is 1. The minimum atomic E-state index is -0.900. The Morgan fingerprint density at radius 2 is 1.71 bits per heavy atom. The van der Waals surface area contributed by atoms with E-state index in [0.717, 1.165) is 25.7 Å². The van der Waals surface area contributed by atoms with E-state index in [9.17, 15) is 14.7 Å². The SMILES string of the molecule is COCCCCOc1ccccc1C(=O)NC[C@@H](C[C@H](N)[C@@H](O)CNC(=O)C1(OC)CCCC1)C(C)C.Cl. The summed E-state index contributed by atoms with van der Waals surface area (Å²) in [5.74, 6) is 0.437. The number of carbonyl (C=O) groups is 2. The number of para-hydroxylation sites is 1. The minimum absolute atomic E-state index is 0. The molecule has 0 bridgehead atoms. The largest absolute Gasteiger partial charge is 0.493 e. The first kappa shape index (κ1) is 34.1. The summed E-state index contributed by atoms with van der Waals surface area (Å²) in [7, 11) is 3.23. The molecule has 0 aromatic heterocycles. The van der Waals surface area contributed by atoms with Crippen LogP contribution < -0.4 is 21.1 Å². The van der Waals surface area contributed by atoms with Crippen LogP contribution in [-0.2, 0) is 14.3 Å². The monoisotopic (exact) mass is 557 g/mol. The topological polar surface area (TPSA) is 132 Å². The van der Waals surface area contributed by atoms with Crippen molar-refractivity contribution in [1.29, 1.82) is 0 Å². The average molecular weight is 558 g/mol. The van der Waals surface area contributed by atoms with Crippen LogP contribution in [0.1, 0.15) is 69.2 Å². The van der Waals surface area contributed by atoms with E-state index in [-0.39, 0.29) is 42.6 Å². The Morgan fingerprint density at radius 3 is 2.34 bits per heavy atom. The van der Waals surface area contributed by atoms with Crippen LogP contribution in [0.5, 0.6) is 5.75 Å². The van der Waals surface area contributed by atoms with Gasteiger partial charge in [-0.15, -0.1) is 12.4 Å². The minimum Gasteiger partial charge on any atom is -0.493 e. The lowest BCUT2D eigenvalue weighted by Crippen LogP contribution is -2.51. The third-order valence-electron chi connectivity index (χ3n) is 7.36. The molecular formula is C28H48ClN3O6. The van der Waals surface area contributed by atoms with Crippen LogP contribution in [0.4, 0.5) is 0 Å². The van der Waals surface area contributed by atoms with Crippen molar-refractivity contribution in [2.45, 2.75) is 76.5 Å². The summed E-state index contributed by atoms with van der Waals surface area (Å²) in [5, 5.41) is 16.5. The zero-order valence-electron chi connectivity index (χ0n) is 23.4. The number of rotatable bonds is 17. The van der Waals surface area contributed by atoms with E-state index in [1.165, 1.54) is 0 Å². The number of unbranched alkanes of at least 4 members (excludes halogenated alkanes) is 1. The summed E-state index contributed by atoms with van der Waals surface area (Å²) in [6, 6.07) is 6.66. The lowest BCUT2D eigenvalue weighted by atomic mass is 9.87. The zero-order chi connectivity index (χ0) is 27.3. The van der Waals surface area contributed by atoms with Gasteiger partial charge in [-0.3, -0.25) is 9.59 Å². The Balaban J connectivity index is 0.00000722. The molecule has 1 fully saturated rings. The summed E-state index contributed by atoms with van der Waals surface area (Å²) in [6.45, 7) is 5.81. The van der Waals surface area contributed by atoms with E-state index in [4.69, 9.17) is 19.9 Å². The first-order valence-corrected chi connectivity index (χ1v) is 13.5. The third-order valence-corrected chi connectivity index (χ3v) is 7.36. The first-order chi connectivity index (χ1) is 17.7. The third kappa shape index (κ3) is 10.3. The maximum atomic E-state index is 13.0. The van der Waals surface area contributed by atoms with Gasteiger partial charge in [0.25, 0.3) is 11.8 Å². The summed E-state index contributed by atoms with van der Waals surface area (Å²) in [6.07, 6.45) is 4.62. The van der Waals surface area contributed by atoms with Gasteiger partial charge in [0.05, 0.1) is 18.3 Å².